The Morgan fingerprint density at radius 1 is 0.547 bits per heavy atom. The van der Waals surface area contributed by atoms with Gasteiger partial charge in [0.05, 0.1) is 18.7 Å². The molecule has 0 bridgehead atoms. The molecule has 0 aliphatic rings. The topological polar surface area (TPSA) is 310 Å². The number of nitrogens with one attached hydrogen (secondary N) is 4. The maximum Gasteiger partial charge on any atom is 0.236 e. The molecule has 0 aliphatic carbocycles. The monoisotopic (exact) mass is 756 g/mol. The highest BCUT2D eigenvalue weighted by molar-refractivity contribution is 5.81. The van der Waals surface area contributed by atoms with Crippen LogP contribution in [0.25, 0.3) is 0 Å². The molecule has 0 aromatic carbocycles. The molecule has 16 N–H and O–H groups in total. The average molecular weight is 756 g/mol. The average Bonchev–Trinajstić information content (AvgIpc) is 3.12. The molecule has 0 heterocycles. The minimum Gasteiger partial charge on any atom is -0.383 e. The Labute approximate surface area is 317 Å². The molecule has 0 rings (SSSR count). The summed E-state index contributed by atoms with van der Waals surface area (Å²) in [6.07, 6.45) is 11.5. The maximum atomic E-state index is 12.5. The number of unbranched alkanes of at least 4 members (excludes halogenated alkanes) is 6. The lowest BCUT2D eigenvalue weighted by Gasteiger charge is -2.22. The van der Waals surface area contributed by atoms with Crippen molar-refractivity contribution in [3.63, 3.8) is 0 Å². The van der Waals surface area contributed by atoms with Gasteiger partial charge >= 0.3 is 0 Å². The first-order valence-corrected chi connectivity index (χ1v) is 19.4. The molecule has 0 spiro atoms. The van der Waals surface area contributed by atoms with Gasteiger partial charge in [0.1, 0.15) is 0 Å². The Kier molecular flexibility index (Phi) is 31.7. The minimum atomic E-state index is -0.591. The summed E-state index contributed by atoms with van der Waals surface area (Å²) in [7, 11) is 1.66. The van der Waals surface area contributed by atoms with Gasteiger partial charge in [0.25, 0.3) is 0 Å². The maximum absolute atomic E-state index is 12.5. The van der Waals surface area contributed by atoms with E-state index in [2.05, 4.69) is 36.2 Å². The van der Waals surface area contributed by atoms with Gasteiger partial charge in [-0.05, 0) is 90.1 Å². The first kappa shape index (κ1) is 49.3. The van der Waals surface area contributed by atoms with Gasteiger partial charge in [-0.1, -0.05) is 12.8 Å². The molecule has 0 saturated carbocycles. The van der Waals surface area contributed by atoms with Crippen molar-refractivity contribution in [3.05, 3.63) is 0 Å². The molecule has 0 saturated heterocycles. The van der Waals surface area contributed by atoms with E-state index in [4.69, 9.17) is 39.1 Å². The molecule has 18 heteroatoms. The first-order valence-electron chi connectivity index (χ1n) is 19.4. The van der Waals surface area contributed by atoms with Crippen molar-refractivity contribution in [1.29, 1.82) is 0 Å². The number of carbonyl (C=O) groups excluding carboxylic acids is 4. The molecule has 0 radical (unpaired) electrons. The van der Waals surface area contributed by atoms with Crippen LogP contribution in [0.2, 0.25) is 0 Å². The Morgan fingerprint density at radius 2 is 0.962 bits per heavy atom. The van der Waals surface area contributed by atoms with E-state index in [1.807, 2.05) is 0 Å². The van der Waals surface area contributed by atoms with Gasteiger partial charge < -0.3 is 65.3 Å². The zero-order chi connectivity index (χ0) is 39.5. The van der Waals surface area contributed by atoms with E-state index in [1.165, 1.54) is 0 Å². The van der Waals surface area contributed by atoms with Crippen LogP contribution in [-0.4, -0.2) is 125 Å². The number of ether oxygens (including phenoxy) is 1. The van der Waals surface area contributed by atoms with E-state index >= 15 is 0 Å². The SMILES string of the molecule is COCCN(CCCNC(=O)[C@@H](N)CCCCNC(=O)CCCCCN=C(N)N)CCCNC(=O)[C@@H](N)CCCCNC(=O)CCCCCN=C(N)N. The number of methoxy groups -OCH3 is 1. The second-order valence-corrected chi connectivity index (χ2v) is 13.3. The van der Waals surface area contributed by atoms with E-state index in [0.717, 1.165) is 96.7 Å². The summed E-state index contributed by atoms with van der Waals surface area (Å²) < 4.78 is 5.25. The molecule has 0 aromatic rings. The number of hydrogen-bond donors (Lipinski definition) is 10. The Balaban J connectivity index is 4.00. The highest BCUT2D eigenvalue weighted by Gasteiger charge is 2.14. The molecule has 53 heavy (non-hydrogen) atoms. The van der Waals surface area contributed by atoms with Crippen molar-refractivity contribution in [3.8, 4) is 0 Å². The van der Waals surface area contributed by atoms with Gasteiger partial charge in [0.15, 0.2) is 11.9 Å². The van der Waals surface area contributed by atoms with Gasteiger partial charge in [0.2, 0.25) is 23.6 Å². The number of nitrogens with zero attached hydrogens (tertiary/aromatic N) is 3. The smallest absolute Gasteiger partial charge is 0.236 e. The Bertz CT molecular complexity index is 964. The van der Waals surface area contributed by atoms with Gasteiger partial charge in [-0.2, -0.15) is 0 Å². The Morgan fingerprint density at radius 3 is 1.36 bits per heavy atom. The summed E-state index contributed by atoms with van der Waals surface area (Å²) in [6.45, 7) is 6.13. The molecule has 4 amide bonds. The fourth-order valence-electron chi connectivity index (χ4n) is 5.28. The lowest BCUT2D eigenvalue weighted by molar-refractivity contribution is -0.123. The quantitative estimate of drug-likeness (QED) is 0.0208. The predicted octanol–water partition coefficient (Wildman–Crippen LogP) is -1.16. The van der Waals surface area contributed by atoms with Crippen LogP contribution in [0.15, 0.2) is 9.98 Å². The Hall–Kier alpha value is -3.74. The zero-order valence-corrected chi connectivity index (χ0v) is 32.4. The van der Waals surface area contributed by atoms with Gasteiger partial charge in [-0.15, -0.1) is 0 Å². The first-order chi connectivity index (χ1) is 25.5. The molecular formula is C35H73N13O5. The molecule has 0 fully saturated rings. The number of hydrogen-bond acceptors (Lipinski definition) is 10. The highest BCUT2D eigenvalue weighted by atomic mass is 16.5. The highest BCUT2D eigenvalue weighted by Crippen LogP contribution is 2.04. The van der Waals surface area contributed by atoms with E-state index in [-0.39, 0.29) is 35.5 Å². The molecule has 18 nitrogen and oxygen atoms in total. The van der Waals surface area contributed by atoms with E-state index in [0.29, 0.717) is 71.6 Å². The molecule has 0 aliphatic heterocycles. The van der Waals surface area contributed by atoms with Crippen LogP contribution in [0.4, 0.5) is 0 Å². The number of aliphatic imine (C=N–C) groups is 2. The van der Waals surface area contributed by atoms with Crippen LogP contribution in [0.5, 0.6) is 0 Å². The summed E-state index contributed by atoms with van der Waals surface area (Å²) in [5, 5.41) is 11.7. The van der Waals surface area contributed by atoms with Crippen LogP contribution in [0.3, 0.4) is 0 Å². The van der Waals surface area contributed by atoms with E-state index in [1.54, 1.807) is 7.11 Å². The summed E-state index contributed by atoms with van der Waals surface area (Å²) in [6, 6.07) is -1.18. The molecular weight excluding hydrogens is 682 g/mol. The van der Waals surface area contributed by atoms with Crippen LogP contribution in [0, 0.1) is 0 Å². The number of nitrogens with two attached hydrogens (primary N) is 6. The fraction of sp³-hybridized carbons (Fsp3) is 0.829. The zero-order valence-electron chi connectivity index (χ0n) is 32.4. The van der Waals surface area contributed by atoms with Gasteiger partial charge in [-0.3, -0.25) is 29.2 Å². The third kappa shape index (κ3) is 32.6. The van der Waals surface area contributed by atoms with Crippen molar-refractivity contribution in [1.82, 2.24) is 26.2 Å². The second-order valence-electron chi connectivity index (χ2n) is 13.3. The predicted molar refractivity (Wildman–Crippen MR) is 212 cm³/mol. The molecule has 0 unspecified atom stereocenters. The normalized spacial score (nSPS) is 12.1. The lowest BCUT2D eigenvalue weighted by Crippen LogP contribution is -2.42. The largest absolute Gasteiger partial charge is 0.383 e. The number of carbonyl (C=O) groups is 4. The van der Waals surface area contributed by atoms with Crippen LogP contribution < -0.4 is 55.7 Å². The summed E-state index contributed by atoms with van der Waals surface area (Å²) >= 11 is 0. The molecule has 2 atom stereocenters. The van der Waals surface area contributed by atoms with E-state index in [9.17, 15) is 19.2 Å². The minimum absolute atomic E-state index is 0.0192. The van der Waals surface area contributed by atoms with Crippen LogP contribution in [-0.2, 0) is 23.9 Å². The summed E-state index contributed by atoms with van der Waals surface area (Å²) in [5.74, 6) is -0.143. The van der Waals surface area contributed by atoms with Crippen molar-refractivity contribution < 1.29 is 23.9 Å². The van der Waals surface area contributed by atoms with E-state index < -0.39 is 12.1 Å². The lowest BCUT2D eigenvalue weighted by atomic mass is 10.1. The molecule has 0 aromatic heterocycles. The van der Waals surface area contributed by atoms with Crippen molar-refractivity contribution in [2.75, 3.05) is 72.6 Å². The second kappa shape index (κ2) is 34.1. The third-order valence-corrected chi connectivity index (χ3v) is 8.43. The van der Waals surface area contributed by atoms with Crippen molar-refractivity contribution in [2.45, 2.75) is 115 Å². The fourth-order valence-corrected chi connectivity index (χ4v) is 5.28. The van der Waals surface area contributed by atoms with Crippen molar-refractivity contribution >= 4 is 35.5 Å². The van der Waals surface area contributed by atoms with Gasteiger partial charge in [-0.25, -0.2) is 0 Å². The van der Waals surface area contributed by atoms with Crippen LogP contribution in [0.1, 0.15) is 103 Å². The third-order valence-electron chi connectivity index (χ3n) is 8.43. The summed E-state index contributed by atoms with van der Waals surface area (Å²) in [5.41, 5.74) is 33.3. The number of amides is 4. The molecule has 308 valence electrons. The van der Waals surface area contributed by atoms with Crippen LogP contribution >= 0.6 is 0 Å². The summed E-state index contributed by atoms with van der Waals surface area (Å²) in [4.78, 5) is 58.9. The number of guanidine groups is 2. The standard InChI is InChI=1S/C35H73N13O5/c1-53-27-26-48(24-12-22-44-32(51)28(36)14-6-10-18-42-30(49)16-4-2-8-20-46-34(38)39)25-13-23-45-33(52)29(37)15-7-11-19-43-31(50)17-5-3-9-21-47-35(40)41/h28-29H,2-27,36-37H2,1H3,(H,42,49)(H,43,50)(H,44,51)(H,45,52)(H4,38,39,46)(H4,40,41,47)/t28-,29-/m0/s1. The van der Waals surface area contributed by atoms with Crippen molar-refractivity contribution in [2.24, 2.45) is 44.4 Å². The van der Waals surface area contributed by atoms with Gasteiger partial charge in [0, 0.05) is 65.8 Å². The number of rotatable bonds is 35.